The quantitative estimate of drug-likeness (QED) is 0.0164. The maximum Gasteiger partial charge on any atom is 0.326 e. The van der Waals surface area contributed by atoms with Crippen LogP contribution in [-0.4, -0.2) is 216 Å². The van der Waals surface area contributed by atoms with Gasteiger partial charge in [0.25, 0.3) is 0 Å². The Morgan fingerprint density at radius 1 is 0.421 bits per heavy atom. The molecule has 0 saturated carbocycles. The smallest absolute Gasteiger partial charge is 0.326 e. The fraction of sp³-hybridized carbons (Fsp3) is 0.574. The molecule has 0 bridgehead atoms. The van der Waals surface area contributed by atoms with Crippen LogP contribution in [0.2, 0.25) is 0 Å². The number of aromatic nitrogens is 1. The number of aliphatic carboxylic acids is 6. The number of nitrogens with two attached hydrogens (primary N) is 6. The van der Waals surface area contributed by atoms with Crippen LogP contribution in [-0.2, 0) is 83.1 Å². The molecule has 0 aromatic carbocycles. The van der Waals surface area contributed by atoms with E-state index in [2.05, 4.69) is 46.9 Å². The van der Waals surface area contributed by atoms with Crippen molar-refractivity contribution in [1.29, 1.82) is 0 Å². The Morgan fingerprint density at radius 2 is 0.758 bits per heavy atom. The van der Waals surface area contributed by atoms with Gasteiger partial charge in [0.15, 0.2) is 11.9 Å². The van der Waals surface area contributed by atoms with E-state index in [4.69, 9.17) is 39.5 Å². The van der Waals surface area contributed by atoms with E-state index in [1.165, 1.54) is 6.07 Å². The number of carboxylic acid groups (broad SMARTS) is 6. The van der Waals surface area contributed by atoms with E-state index in [0.29, 0.717) is 0 Å². The van der Waals surface area contributed by atoms with Crippen LogP contribution in [0.4, 0.5) is 0 Å². The first-order valence-electron chi connectivity index (χ1n) is 29.3. The van der Waals surface area contributed by atoms with Crippen LogP contribution in [0.1, 0.15) is 116 Å². The predicted molar refractivity (Wildman–Crippen MR) is 327 cm³/mol. The first-order valence-corrected chi connectivity index (χ1v) is 29.3. The lowest BCUT2D eigenvalue weighted by molar-refractivity contribution is -0.144. The number of carbonyl (C=O) groups is 16. The molecule has 10 atom stereocenters. The molecule has 0 saturated heterocycles. The summed E-state index contributed by atoms with van der Waals surface area (Å²) in [7, 11) is 0. The van der Waals surface area contributed by atoms with Crippen LogP contribution in [0.25, 0.3) is 0 Å². The van der Waals surface area contributed by atoms with E-state index in [-0.39, 0.29) is 62.7 Å². The monoisotopic (exact) mass is 1350 g/mol. The zero-order valence-electron chi connectivity index (χ0n) is 51.8. The molecule has 0 fully saturated rings. The first kappa shape index (κ1) is 82.0. The highest BCUT2D eigenvalue weighted by molar-refractivity contribution is 6.00. The molecular formula is C54H84N18O23. The standard InChI is InChI=1S/C54H84N18O23/c1-24(2)19-32(69-47(89)30(10-15-39(77)78)66-45(87)29(9-14-38(75)76)65-44(86)27(6-4-18-62-54(59)60)64-43(85)26(55)5-3-17-61-53(57)58)48(90)67-28(8-12-36(56)73)46(88)71-34(21-41(81)82)51(93)72-35(22-42(83)84)50(92)70-33(20-25-7-13-37(74)63-23-25)49(91)68-31(52(94)95)11-16-40(79)80/h7,13,23-24,26-35H,3-6,8-12,14-22,55H2,1-2H3,(H2,56,73)(H,63,74)(H,64,85)(H,65,86)(H,66,87)(H,67,90)(H,68,91)(H,69,89)(H,70,92)(H,71,88)(H,72,93)(H,75,76)(H,77,78)(H,79,80)(H,81,82)(H,83,84)(H,94,95)(H4,57,58,61)(H4,59,60,62)/t26-,27-,28-,29-,30-,31-,32-,33-,34-,35-/m0/s1. The molecule has 1 aromatic rings. The summed E-state index contributed by atoms with van der Waals surface area (Å²) in [4.78, 5) is 230. The number of amides is 10. The molecule has 0 unspecified atom stereocenters. The van der Waals surface area contributed by atoms with Gasteiger partial charge in [-0.2, -0.15) is 0 Å². The second kappa shape index (κ2) is 42.2. The Morgan fingerprint density at radius 3 is 1.14 bits per heavy atom. The number of rotatable bonds is 47. The highest BCUT2D eigenvalue weighted by Crippen LogP contribution is 2.13. The fourth-order valence-corrected chi connectivity index (χ4v) is 8.52. The number of hydrogen-bond acceptors (Lipinski definition) is 20. The first-order chi connectivity index (χ1) is 44.4. The van der Waals surface area contributed by atoms with E-state index in [0.717, 1.165) is 12.3 Å². The van der Waals surface area contributed by atoms with Crippen molar-refractivity contribution in [3.8, 4) is 0 Å². The van der Waals surface area contributed by atoms with Gasteiger partial charge >= 0.3 is 35.8 Å². The Balaban J connectivity index is 3.69. The summed E-state index contributed by atoms with van der Waals surface area (Å²) in [5, 5.41) is 77.4. The van der Waals surface area contributed by atoms with Gasteiger partial charge in [0.2, 0.25) is 64.6 Å². The SMILES string of the molecule is CC(C)C[C@H](NC(=O)[C@H](CCC(=O)O)NC(=O)[C@H](CCC(=O)O)NC(=O)[C@H](CCCN=C(N)N)NC(=O)[C@@H](N)CCCN=C(N)N)C(=O)N[C@@H](CCC(N)=O)C(=O)N[C@@H](CC(=O)O)C(=O)N[C@@H](CC(=O)O)C(=O)N[C@@H](Cc1ccc(=O)[nH]c1)C(=O)N[C@@H](CCC(=O)O)C(=O)O. The third kappa shape index (κ3) is 34.8. The number of H-pyrrole nitrogens is 1. The molecule has 95 heavy (non-hydrogen) atoms. The number of nitrogens with zero attached hydrogens (tertiary/aromatic N) is 2. The zero-order valence-corrected chi connectivity index (χ0v) is 51.8. The lowest BCUT2D eigenvalue weighted by atomic mass is 10.0. The van der Waals surface area contributed by atoms with Crippen molar-refractivity contribution in [3.05, 3.63) is 34.2 Å². The Bertz CT molecular complexity index is 3020. The summed E-state index contributed by atoms with van der Waals surface area (Å²) in [6, 6.07) is -16.2. The maximum atomic E-state index is 14.3. The Kier molecular flexibility index (Phi) is 36.4. The summed E-state index contributed by atoms with van der Waals surface area (Å²) in [5.41, 5.74) is 32.4. The number of nitrogens with one attached hydrogen (secondary N) is 10. The van der Waals surface area contributed by atoms with Gasteiger partial charge in [-0.3, -0.25) is 86.7 Å². The molecule has 0 radical (unpaired) electrons. The molecule has 528 valence electrons. The zero-order chi connectivity index (χ0) is 72.2. The normalized spacial score (nSPS) is 14.0. The summed E-state index contributed by atoms with van der Waals surface area (Å²) < 4.78 is 0. The number of pyridine rings is 1. The lowest BCUT2D eigenvalue weighted by Crippen LogP contribution is -2.61. The minimum Gasteiger partial charge on any atom is -0.481 e. The van der Waals surface area contributed by atoms with E-state index in [9.17, 15) is 107 Å². The van der Waals surface area contributed by atoms with Crippen LogP contribution >= 0.6 is 0 Å². The second-order valence-electron chi connectivity index (χ2n) is 21.8. The predicted octanol–water partition coefficient (Wildman–Crippen LogP) is -8.34. The van der Waals surface area contributed by atoms with Crippen LogP contribution in [0.3, 0.4) is 0 Å². The third-order valence-corrected chi connectivity index (χ3v) is 13.3. The van der Waals surface area contributed by atoms with Crippen LogP contribution in [0.5, 0.6) is 0 Å². The number of aromatic amines is 1. The molecule has 1 rings (SSSR count). The fourth-order valence-electron chi connectivity index (χ4n) is 8.52. The van der Waals surface area contributed by atoms with Crippen molar-refractivity contribution in [3.63, 3.8) is 0 Å². The number of carboxylic acids is 6. The van der Waals surface area contributed by atoms with Crippen LogP contribution in [0, 0.1) is 5.92 Å². The van der Waals surface area contributed by atoms with Crippen LogP contribution in [0.15, 0.2) is 33.1 Å². The molecule has 28 N–H and O–H groups in total. The average Bonchev–Trinajstić information content (AvgIpc) is 0.965. The van der Waals surface area contributed by atoms with Gasteiger partial charge in [-0.15, -0.1) is 0 Å². The average molecular weight is 1350 g/mol. The number of carbonyl (C=O) groups excluding carboxylic acids is 10. The van der Waals surface area contributed by atoms with Gasteiger partial charge in [0.1, 0.15) is 54.4 Å². The van der Waals surface area contributed by atoms with E-state index < -0.39 is 237 Å². The Hall–Kier alpha value is -11.0. The second-order valence-corrected chi connectivity index (χ2v) is 21.8. The highest BCUT2D eigenvalue weighted by Gasteiger charge is 2.37. The molecule has 1 heterocycles. The van der Waals surface area contributed by atoms with Crippen molar-refractivity contribution in [2.75, 3.05) is 13.1 Å². The van der Waals surface area contributed by atoms with Gasteiger partial charge in [-0.25, -0.2) is 4.79 Å². The van der Waals surface area contributed by atoms with Crippen molar-refractivity contribution in [2.24, 2.45) is 50.3 Å². The molecule has 41 heteroatoms. The number of hydrogen-bond donors (Lipinski definition) is 22. The topological polar surface area (TPSA) is 716 Å². The minimum absolute atomic E-state index is 0.0296. The van der Waals surface area contributed by atoms with Crippen molar-refractivity contribution in [1.82, 2.24) is 52.8 Å². The van der Waals surface area contributed by atoms with E-state index >= 15 is 0 Å². The molecule has 0 aliphatic heterocycles. The van der Waals surface area contributed by atoms with Crippen molar-refractivity contribution in [2.45, 2.75) is 177 Å². The molecule has 1 aromatic heterocycles. The summed E-state index contributed by atoms with van der Waals surface area (Å²) >= 11 is 0. The third-order valence-electron chi connectivity index (χ3n) is 13.3. The lowest BCUT2D eigenvalue weighted by Gasteiger charge is -2.28. The largest absolute Gasteiger partial charge is 0.481 e. The van der Waals surface area contributed by atoms with Crippen molar-refractivity contribution >= 4 is 107 Å². The number of aliphatic imine (C=N–C) groups is 2. The summed E-state index contributed by atoms with van der Waals surface area (Å²) in [6.45, 7) is 3.15. The maximum absolute atomic E-state index is 14.3. The number of guanidine groups is 2. The minimum atomic E-state index is -2.28. The van der Waals surface area contributed by atoms with Gasteiger partial charge in [-0.05, 0) is 69.3 Å². The molecule has 41 nitrogen and oxygen atoms in total. The number of primary amides is 1. The summed E-state index contributed by atoms with van der Waals surface area (Å²) in [6.07, 6.45) is -8.19. The molecule has 10 amide bonds. The van der Waals surface area contributed by atoms with Gasteiger partial charge in [0, 0.05) is 57.5 Å². The summed E-state index contributed by atoms with van der Waals surface area (Å²) in [5.74, 6) is -23.4. The molecule has 0 aliphatic rings. The molecule has 0 spiro atoms. The van der Waals surface area contributed by atoms with Gasteiger partial charge in [0.05, 0.1) is 18.9 Å². The van der Waals surface area contributed by atoms with Gasteiger partial charge in [-0.1, -0.05) is 19.9 Å². The van der Waals surface area contributed by atoms with E-state index in [1.807, 2.05) is 16.0 Å². The van der Waals surface area contributed by atoms with E-state index in [1.54, 1.807) is 13.8 Å². The van der Waals surface area contributed by atoms with Crippen molar-refractivity contribution < 1.29 is 107 Å². The van der Waals surface area contributed by atoms with Gasteiger partial charge < -0.3 is 118 Å². The Labute approximate surface area is 540 Å². The highest BCUT2D eigenvalue weighted by atomic mass is 16.4. The molecule has 0 aliphatic carbocycles. The van der Waals surface area contributed by atoms with Crippen LogP contribution < -0.4 is 87.8 Å². The molecular weight excluding hydrogens is 1270 g/mol.